The first-order valence-corrected chi connectivity index (χ1v) is 11.8. The summed E-state index contributed by atoms with van der Waals surface area (Å²) < 4.78 is 0. The fourth-order valence-corrected chi connectivity index (χ4v) is 3.82. The Hall–Kier alpha value is -3.07. The number of nitrogens with zero attached hydrogens (tertiary/aromatic N) is 3. The molecule has 0 atom stereocenters. The van der Waals surface area contributed by atoms with Crippen LogP contribution in [0.1, 0.15) is 75.2 Å². The van der Waals surface area contributed by atoms with Crippen LogP contribution in [0.5, 0.6) is 0 Å². The van der Waals surface area contributed by atoms with Gasteiger partial charge in [-0.1, -0.05) is 58.0 Å². The monoisotopic (exact) mass is 425 g/mol. The lowest BCUT2D eigenvalue weighted by Crippen LogP contribution is -2.05. The lowest BCUT2D eigenvalue weighted by Gasteiger charge is -2.09. The number of benzene rings is 2. The topological polar surface area (TPSA) is 37.6 Å². The molecule has 0 saturated heterocycles. The van der Waals surface area contributed by atoms with E-state index in [1.54, 1.807) is 0 Å². The van der Waals surface area contributed by atoms with Gasteiger partial charge in [-0.05, 0) is 86.1 Å². The first-order chi connectivity index (χ1) is 15.5. The maximum absolute atomic E-state index is 4.92. The van der Waals surface area contributed by atoms with Gasteiger partial charge in [0.2, 0.25) is 0 Å². The molecule has 3 aromatic rings. The van der Waals surface area contributed by atoms with Crippen LogP contribution in [-0.2, 0) is 25.7 Å². The van der Waals surface area contributed by atoms with Crippen molar-refractivity contribution < 1.29 is 0 Å². The van der Waals surface area contributed by atoms with Gasteiger partial charge in [0.25, 0.3) is 0 Å². The van der Waals surface area contributed by atoms with Crippen LogP contribution in [0.2, 0.25) is 0 Å². The fraction of sp³-hybridized carbons (Fsp3) is 0.345. The second-order valence-electron chi connectivity index (χ2n) is 8.14. The number of hydrogen-bond donors (Lipinski definition) is 0. The van der Waals surface area contributed by atoms with Crippen LogP contribution in [0.25, 0.3) is 0 Å². The van der Waals surface area contributed by atoms with Crippen LogP contribution in [0.4, 0.5) is 11.4 Å². The molecule has 0 saturated carbocycles. The molecule has 0 fully saturated rings. The highest BCUT2D eigenvalue weighted by molar-refractivity contribution is 6.02. The molecule has 0 aliphatic carbocycles. The molecule has 0 aliphatic rings. The smallest absolute Gasteiger partial charge is 0.0849 e. The van der Waals surface area contributed by atoms with Gasteiger partial charge in [-0.2, -0.15) is 0 Å². The lowest BCUT2D eigenvalue weighted by molar-refractivity contribution is 1.08. The molecule has 0 N–H and O–H groups in total. The zero-order chi connectivity index (χ0) is 23.1. The minimum Gasteiger partial charge on any atom is -0.251 e. The van der Waals surface area contributed by atoms with Gasteiger partial charge in [-0.25, -0.2) is 4.98 Å². The lowest BCUT2D eigenvalue weighted by atomic mass is 10.0. The Bertz CT molecular complexity index is 1050. The first kappa shape index (κ1) is 23.6. The highest BCUT2D eigenvalue weighted by Gasteiger charge is 2.08. The van der Waals surface area contributed by atoms with E-state index >= 15 is 0 Å². The highest BCUT2D eigenvalue weighted by Crippen LogP contribution is 2.24. The molecule has 0 spiro atoms. The van der Waals surface area contributed by atoms with E-state index in [-0.39, 0.29) is 0 Å². The maximum Gasteiger partial charge on any atom is 0.0849 e. The summed E-state index contributed by atoms with van der Waals surface area (Å²) in [6.07, 6.45) is 4.02. The van der Waals surface area contributed by atoms with Crippen molar-refractivity contribution in [1.82, 2.24) is 4.98 Å². The molecule has 1 aromatic heterocycles. The average Bonchev–Trinajstić information content (AvgIpc) is 2.84. The first-order valence-electron chi connectivity index (χ1n) is 11.8. The summed E-state index contributed by atoms with van der Waals surface area (Å²) in [4.78, 5) is 14.7. The molecule has 0 aliphatic heterocycles. The normalized spacial score (nSPS) is 12.3. The van der Waals surface area contributed by atoms with Gasteiger partial charge in [-0.15, -0.1) is 0 Å². The molecule has 0 bridgehead atoms. The standard InChI is InChI=1S/C29H35N3/c1-7-22-14-16-28(24(9-3)18-22)30-20(5)26-12-11-13-27(32-26)21(6)31-29-17-15-23(8-2)19-25(29)10-4/h11-19H,7-10H2,1-6H3. The number of pyridine rings is 1. The van der Waals surface area contributed by atoms with Crippen molar-refractivity contribution in [2.24, 2.45) is 9.98 Å². The predicted molar refractivity (Wildman–Crippen MR) is 138 cm³/mol. The number of aryl methyl sites for hydroxylation is 4. The largest absolute Gasteiger partial charge is 0.251 e. The zero-order valence-electron chi connectivity index (χ0n) is 20.4. The van der Waals surface area contributed by atoms with Crippen LogP contribution in [0.15, 0.2) is 64.6 Å². The average molecular weight is 426 g/mol. The number of rotatable bonds is 8. The minimum absolute atomic E-state index is 0.885. The SMILES string of the molecule is CCc1ccc(N=C(C)c2cccc(C(C)=Nc3ccc(CC)cc3CC)n2)c(CC)c1. The van der Waals surface area contributed by atoms with E-state index in [9.17, 15) is 0 Å². The molecule has 1 heterocycles. The Morgan fingerprint density at radius 1 is 0.625 bits per heavy atom. The summed E-state index contributed by atoms with van der Waals surface area (Å²) in [7, 11) is 0. The van der Waals surface area contributed by atoms with E-state index in [1.807, 2.05) is 32.0 Å². The fourth-order valence-electron chi connectivity index (χ4n) is 3.82. The van der Waals surface area contributed by atoms with Crippen molar-refractivity contribution >= 4 is 22.8 Å². The Balaban J connectivity index is 1.93. The summed E-state index contributed by atoms with van der Waals surface area (Å²) in [5.74, 6) is 0. The number of aliphatic imine (C=N–C) groups is 2. The quantitative estimate of drug-likeness (QED) is 0.342. The van der Waals surface area contributed by atoms with E-state index in [0.29, 0.717) is 0 Å². The van der Waals surface area contributed by atoms with Crippen molar-refractivity contribution in [3.63, 3.8) is 0 Å². The molecule has 2 aromatic carbocycles. The Labute approximate surface area is 193 Å². The van der Waals surface area contributed by atoms with Gasteiger partial charge in [0.15, 0.2) is 0 Å². The van der Waals surface area contributed by atoms with Crippen LogP contribution in [0.3, 0.4) is 0 Å². The van der Waals surface area contributed by atoms with Gasteiger partial charge < -0.3 is 0 Å². The number of hydrogen-bond acceptors (Lipinski definition) is 3. The van der Waals surface area contributed by atoms with Gasteiger partial charge in [-0.3, -0.25) is 9.98 Å². The summed E-state index contributed by atoms with van der Waals surface area (Å²) in [5.41, 5.74) is 10.9. The third-order valence-corrected chi connectivity index (χ3v) is 5.93. The molecule has 3 rings (SSSR count). The highest BCUT2D eigenvalue weighted by atomic mass is 14.8. The van der Waals surface area contributed by atoms with Crippen molar-refractivity contribution in [3.05, 3.63) is 88.2 Å². The molecular weight excluding hydrogens is 390 g/mol. The summed E-state index contributed by atoms with van der Waals surface area (Å²) >= 11 is 0. The summed E-state index contributed by atoms with van der Waals surface area (Å²) in [6.45, 7) is 12.8. The Morgan fingerprint density at radius 3 is 1.44 bits per heavy atom. The molecule has 166 valence electrons. The van der Waals surface area contributed by atoms with Crippen molar-refractivity contribution in [2.45, 2.75) is 67.2 Å². The van der Waals surface area contributed by atoms with Crippen LogP contribution < -0.4 is 0 Å². The molecule has 32 heavy (non-hydrogen) atoms. The summed E-state index contributed by atoms with van der Waals surface area (Å²) in [6, 6.07) is 19.2. The molecule has 3 heteroatoms. The second kappa shape index (κ2) is 11.0. The van der Waals surface area contributed by atoms with Crippen molar-refractivity contribution in [2.75, 3.05) is 0 Å². The zero-order valence-corrected chi connectivity index (χ0v) is 20.4. The van der Waals surface area contributed by atoms with E-state index in [2.05, 4.69) is 64.1 Å². The van der Waals surface area contributed by atoms with Crippen LogP contribution in [-0.4, -0.2) is 16.4 Å². The second-order valence-corrected chi connectivity index (χ2v) is 8.14. The van der Waals surface area contributed by atoms with Gasteiger partial charge in [0.05, 0.1) is 34.2 Å². The van der Waals surface area contributed by atoms with Crippen molar-refractivity contribution in [3.8, 4) is 0 Å². The minimum atomic E-state index is 0.885. The molecule has 0 amide bonds. The maximum atomic E-state index is 4.92. The molecular formula is C29H35N3. The van der Waals surface area contributed by atoms with E-state index in [0.717, 1.165) is 59.9 Å². The van der Waals surface area contributed by atoms with Crippen LogP contribution >= 0.6 is 0 Å². The predicted octanol–water partition coefficient (Wildman–Crippen LogP) is 7.61. The molecule has 0 unspecified atom stereocenters. The van der Waals surface area contributed by atoms with Gasteiger partial charge in [0, 0.05) is 0 Å². The molecule has 0 radical (unpaired) electrons. The molecule has 3 nitrogen and oxygen atoms in total. The third kappa shape index (κ3) is 5.59. The van der Waals surface area contributed by atoms with Crippen molar-refractivity contribution in [1.29, 1.82) is 0 Å². The van der Waals surface area contributed by atoms with E-state index in [1.165, 1.54) is 22.3 Å². The summed E-state index contributed by atoms with van der Waals surface area (Å²) in [5, 5.41) is 0. The van der Waals surface area contributed by atoms with E-state index < -0.39 is 0 Å². The van der Waals surface area contributed by atoms with Crippen LogP contribution in [0, 0.1) is 0 Å². The third-order valence-electron chi connectivity index (χ3n) is 5.93. The Morgan fingerprint density at radius 2 is 1.06 bits per heavy atom. The number of aromatic nitrogens is 1. The van der Waals surface area contributed by atoms with Gasteiger partial charge >= 0.3 is 0 Å². The van der Waals surface area contributed by atoms with Gasteiger partial charge in [0.1, 0.15) is 0 Å². The Kier molecular flexibility index (Phi) is 8.10. The van der Waals surface area contributed by atoms with E-state index in [4.69, 9.17) is 15.0 Å².